The molecule has 90 valence electrons. The average Bonchev–Trinajstić information content (AvgIpc) is 2.96. The number of ether oxygens (including phenoxy) is 1. The zero-order valence-corrected chi connectivity index (χ0v) is 10.8. The van der Waals surface area contributed by atoms with Gasteiger partial charge in [-0.25, -0.2) is 0 Å². The summed E-state index contributed by atoms with van der Waals surface area (Å²) in [6.45, 7) is 3.13. The van der Waals surface area contributed by atoms with Crippen molar-refractivity contribution in [1.82, 2.24) is 10.3 Å². The average molecular weight is 240 g/mol. The first-order chi connectivity index (χ1) is 7.85. The second-order valence-electron chi connectivity index (χ2n) is 4.34. The number of hydrogen-bond donors (Lipinski definition) is 1. The summed E-state index contributed by atoms with van der Waals surface area (Å²) in [4.78, 5) is 5.50. The van der Waals surface area contributed by atoms with Gasteiger partial charge in [0.2, 0.25) is 0 Å². The van der Waals surface area contributed by atoms with Crippen molar-refractivity contribution in [3.05, 3.63) is 16.6 Å². The molecule has 1 aromatic heterocycles. The zero-order chi connectivity index (χ0) is 11.4. The Bertz CT molecular complexity index is 302. The Morgan fingerprint density at radius 2 is 2.56 bits per heavy atom. The number of nitrogens with one attached hydrogen (secondary N) is 1. The minimum Gasteiger partial charge on any atom is -0.378 e. The highest BCUT2D eigenvalue weighted by molar-refractivity contribution is 7.09. The molecule has 4 heteroatoms. The SMILES string of the molecule is CCC1OCCC1C(Cc1cncs1)NC. The first kappa shape index (κ1) is 12.0. The van der Waals surface area contributed by atoms with Crippen LogP contribution in [0.5, 0.6) is 0 Å². The van der Waals surface area contributed by atoms with E-state index in [1.807, 2.05) is 11.7 Å². The van der Waals surface area contributed by atoms with Gasteiger partial charge in [-0.15, -0.1) is 11.3 Å². The number of hydrogen-bond acceptors (Lipinski definition) is 4. The Hall–Kier alpha value is -0.450. The molecule has 16 heavy (non-hydrogen) atoms. The van der Waals surface area contributed by atoms with Crippen molar-refractivity contribution >= 4 is 11.3 Å². The lowest BCUT2D eigenvalue weighted by Crippen LogP contribution is -2.39. The second-order valence-corrected chi connectivity index (χ2v) is 5.31. The number of aromatic nitrogens is 1. The molecular weight excluding hydrogens is 220 g/mol. The maximum absolute atomic E-state index is 5.76. The molecule has 1 N–H and O–H groups in total. The molecule has 1 aliphatic heterocycles. The molecule has 0 spiro atoms. The molecule has 1 saturated heterocycles. The van der Waals surface area contributed by atoms with Gasteiger partial charge in [0.05, 0.1) is 11.6 Å². The molecule has 0 aliphatic carbocycles. The molecule has 2 rings (SSSR count). The summed E-state index contributed by atoms with van der Waals surface area (Å²) in [5, 5.41) is 3.45. The monoisotopic (exact) mass is 240 g/mol. The van der Waals surface area contributed by atoms with Crippen LogP contribution in [0.1, 0.15) is 24.6 Å². The van der Waals surface area contributed by atoms with Crippen molar-refractivity contribution < 1.29 is 4.74 Å². The second kappa shape index (κ2) is 5.75. The molecule has 1 aliphatic rings. The quantitative estimate of drug-likeness (QED) is 0.855. The zero-order valence-electron chi connectivity index (χ0n) is 9.98. The summed E-state index contributed by atoms with van der Waals surface area (Å²) in [7, 11) is 2.05. The van der Waals surface area contributed by atoms with Gasteiger partial charge in [0.15, 0.2) is 0 Å². The summed E-state index contributed by atoms with van der Waals surface area (Å²) in [6, 6.07) is 0.521. The fourth-order valence-corrected chi connectivity index (χ4v) is 3.23. The third-order valence-corrected chi connectivity index (χ3v) is 4.26. The van der Waals surface area contributed by atoms with Crippen molar-refractivity contribution in [2.75, 3.05) is 13.7 Å². The van der Waals surface area contributed by atoms with E-state index < -0.39 is 0 Å². The lowest BCUT2D eigenvalue weighted by atomic mass is 9.89. The lowest BCUT2D eigenvalue weighted by Gasteiger charge is -2.26. The Kier molecular flexibility index (Phi) is 4.32. The maximum Gasteiger partial charge on any atom is 0.0794 e. The van der Waals surface area contributed by atoms with Crippen molar-refractivity contribution in [1.29, 1.82) is 0 Å². The van der Waals surface area contributed by atoms with Crippen LogP contribution >= 0.6 is 11.3 Å². The Balaban J connectivity index is 1.98. The molecule has 0 aromatic carbocycles. The van der Waals surface area contributed by atoms with Crippen LogP contribution in [0.15, 0.2) is 11.7 Å². The van der Waals surface area contributed by atoms with Crippen molar-refractivity contribution in [2.45, 2.75) is 38.3 Å². The Morgan fingerprint density at radius 3 is 3.19 bits per heavy atom. The molecule has 0 amide bonds. The summed E-state index contributed by atoms with van der Waals surface area (Å²) in [6.07, 6.45) is 5.79. The van der Waals surface area contributed by atoms with Crippen LogP contribution in [0.25, 0.3) is 0 Å². The van der Waals surface area contributed by atoms with Gasteiger partial charge in [0, 0.05) is 29.6 Å². The van der Waals surface area contributed by atoms with E-state index in [2.05, 4.69) is 24.3 Å². The summed E-state index contributed by atoms with van der Waals surface area (Å²) in [5.74, 6) is 0.650. The Labute approximate surface area is 101 Å². The third-order valence-electron chi connectivity index (χ3n) is 3.46. The van der Waals surface area contributed by atoms with Gasteiger partial charge in [-0.05, 0) is 26.3 Å². The van der Waals surface area contributed by atoms with Crippen LogP contribution in [0.2, 0.25) is 0 Å². The fraction of sp³-hybridized carbons (Fsp3) is 0.750. The van der Waals surface area contributed by atoms with Crippen molar-refractivity contribution in [2.24, 2.45) is 5.92 Å². The Morgan fingerprint density at radius 1 is 1.69 bits per heavy atom. The molecule has 3 unspecified atom stereocenters. The van der Waals surface area contributed by atoms with Gasteiger partial charge >= 0.3 is 0 Å². The fourth-order valence-electron chi connectivity index (χ4n) is 2.57. The van der Waals surface area contributed by atoms with Crippen LogP contribution in [0.3, 0.4) is 0 Å². The van der Waals surface area contributed by atoms with Crippen LogP contribution in [0, 0.1) is 5.92 Å². The molecular formula is C12H20N2OS. The van der Waals surface area contributed by atoms with E-state index in [9.17, 15) is 0 Å². The van der Waals surface area contributed by atoms with Gasteiger partial charge < -0.3 is 10.1 Å². The van der Waals surface area contributed by atoms with E-state index >= 15 is 0 Å². The number of likely N-dealkylation sites (N-methyl/N-ethyl adjacent to an activating group) is 1. The molecule has 1 aromatic rings. The topological polar surface area (TPSA) is 34.1 Å². The first-order valence-electron chi connectivity index (χ1n) is 6.01. The highest BCUT2D eigenvalue weighted by Crippen LogP contribution is 2.28. The van der Waals surface area contributed by atoms with Gasteiger partial charge in [-0.1, -0.05) is 6.92 Å². The van der Waals surface area contributed by atoms with Crippen LogP contribution < -0.4 is 5.32 Å². The van der Waals surface area contributed by atoms with E-state index in [0.717, 1.165) is 19.4 Å². The van der Waals surface area contributed by atoms with E-state index in [4.69, 9.17) is 4.74 Å². The highest BCUT2D eigenvalue weighted by atomic mass is 32.1. The minimum absolute atomic E-state index is 0.436. The number of nitrogens with zero attached hydrogens (tertiary/aromatic N) is 1. The highest BCUT2D eigenvalue weighted by Gasteiger charge is 2.32. The first-order valence-corrected chi connectivity index (χ1v) is 6.89. The predicted octanol–water partition coefficient (Wildman–Crippen LogP) is 2.09. The molecule has 2 heterocycles. The minimum atomic E-state index is 0.436. The molecule has 3 nitrogen and oxygen atoms in total. The van der Waals surface area contributed by atoms with Gasteiger partial charge in [0.1, 0.15) is 0 Å². The lowest BCUT2D eigenvalue weighted by molar-refractivity contribution is 0.0784. The largest absolute Gasteiger partial charge is 0.378 e. The van der Waals surface area contributed by atoms with E-state index in [-0.39, 0.29) is 0 Å². The molecule has 1 fully saturated rings. The molecule has 3 atom stereocenters. The van der Waals surface area contributed by atoms with Crippen LogP contribution in [0.4, 0.5) is 0 Å². The van der Waals surface area contributed by atoms with Gasteiger partial charge in [-0.3, -0.25) is 4.98 Å². The molecule has 0 bridgehead atoms. The summed E-state index contributed by atoms with van der Waals surface area (Å²) < 4.78 is 5.76. The summed E-state index contributed by atoms with van der Waals surface area (Å²) >= 11 is 1.74. The summed E-state index contributed by atoms with van der Waals surface area (Å²) in [5.41, 5.74) is 1.91. The van der Waals surface area contributed by atoms with Crippen molar-refractivity contribution in [3.8, 4) is 0 Å². The molecule has 0 radical (unpaired) electrons. The smallest absolute Gasteiger partial charge is 0.0794 e. The van der Waals surface area contributed by atoms with E-state index in [1.54, 1.807) is 11.3 Å². The van der Waals surface area contributed by atoms with E-state index in [0.29, 0.717) is 18.1 Å². The standard InChI is InChI=1S/C12H20N2OS/c1-3-12-10(4-5-15-12)11(13-2)6-9-7-14-8-16-9/h7-8,10-13H,3-6H2,1-2H3. The van der Waals surface area contributed by atoms with Gasteiger partial charge in [-0.2, -0.15) is 0 Å². The van der Waals surface area contributed by atoms with E-state index in [1.165, 1.54) is 11.3 Å². The predicted molar refractivity (Wildman–Crippen MR) is 66.8 cm³/mol. The normalized spacial score (nSPS) is 27.1. The van der Waals surface area contributed by atoms with Crippen molar-refractivity contribution in [3.63, 3.8) is 0 Å². The number of thiazole rings is 1. The maximum atomic E-state index is 5.76. The van der Waals surface area contributed by atoms with Gasteiger partial charge in [0.25, 0.3) is 0 Å². The van der Waals surface area contributed by atoms with Crippen LogP contribution in [-0.2, 0) is 11.2 Å². The van der Waals surface area contributed by atoms with Crippen LogP contribution in [-0.4, -0.2) is 30.8 Å². The molecule has 0 saturated carbocycles. The number of rotatable bonds is 5. The third kappa shape index (κ3) is 2.62.